The SMILES string of the molecule is COc1ccc(C)cc1[C@H](C)NC[C@H]1CC=CCC1. The van der Waals surface area contributed by atoms with Crippen LogP contribution in [0.2, 0.25) is 0 Å². The zero-order valence-corrected chi connectivity index (χ0v) is 12.3. The molecule has 0 saturated carbocycles. The summed E-state index contributed by atoms with van der Waals surface area (Å²) in [6.45, 7) is 5.43. The molecule has 1 aromatic carbocycles. The van der Waals surface area contributed by atoms with E-state index in [-0.39, 0.29) is 0 Å². The van der Waals surface area contributed by atoms with Crippen molar-refractivity contribution >= 4 is 0 Å². The molecule has 1 aliphatic carbocycles. The minimum Gasteiger partial charge on any atom is -0.496 e. The van der Waals surface area contributed by atoms with Gasteiger partial charge in [0.25, 0.3) is 0 Å². The standard InChI is InChI=1S/C17H25NO/c1-13-9-10-17(19-3)16(11-13)14(2)18-12-15-7-5-4-6-8-15/h4-5,9-11,14-15,18H,6-8,12H2,1-3H3/t14-,15-/m0/s1. The lowest BCUT2D eigenvalue weighted by molar-refractivity contribution is 0.387. The monoisotopic (exact) mass is 259 g/mol. The highest BCUT2D eigenvalue weighted by Gasteiger charge is 2.14. The van der Waals surface area contributed by atoms with Crippen molar-refractivity contribution in [2.24, 2.45) is 5.92 Å². The van der Waals surface area contributed by atoms with Crippen LogP contribution in [0.1, 0.15) is 43.4 Å². The van der Waals surface area contributed by atoms with Crippen LogP contribution in [0.3, 0.4) is 0 Å². The van der Waals surface area contributed by atoms with Crippen LogP contribution in [-0.4, -0.2) is 13.7 Å². The smallest absolute Gasteiger partial charge is 0.123 e. The maximum atomic E-state index is 5.46. The Hall–Kier alpha value is -1.28. The second kappa shape index (κ2) is 6.76. The number of allylic oxidation sites excluding steroid dienone is 2. The van der Waals surface area contributed by atoms with Gasteiger partial charge >= 0.3 is 0 Å². The molecule has 2 atom stereocenters. The van der Waals surface area contributed by atoms with E-state index in [2.05, 4.69) is 49.5 Å². The minimum absolute atomic E-state index is 0.334. The van der Waals surface area contributed by atoms with E-state index in [1.54, 1.807) is 7.11 Å². The molecule has 0 spiro atoms. The summed E-state index contributed by atoms with van der Waals surface area (Å²) in [5, 5.41) is 3.66. The lowest BCUT2D eigenvalue weighted by Gasteiger charge is -2.23. The first-order chi connectivity index (χ1) is 9.20. The topological polar surface area (TPSA) is 21.3 Å². The summed E-state index contributed by atoms with van der Waals surface area (Å²) in [6, 6.07) is 6.71. The predicted molar refractivity (Wildman–Crippen MR) is 80.6 cm³/mol. The van der Waals surface area contributed by atoms with E-state index in [0.29, 0.717) is 6.04 Å². The van der Waals surface area contributed by atoms with E-state index < -0.39 is 0 Å². The van der Waals surface area contributed by atoms with Crippen LogP contribution in [0.5, 0.6) is 5.75 Å². The van der Waals surface area contributed by atoms with Crippen molar-refractivity contribution in [2.45, 2.75) is 39.2 Å². The molecule has 1 aliphatic rings. The molecule has 0 aliphatic heterocycles. The molecule has 0 saturated heterocycles. The number of benzene rings is 1. The van der Waals surface area contributed by atoms with Gasteiger partial charge in [-0.25, -0.2) is 0 Å². The molecule has 2 nitrogen and oxygen atoms in total. The van der Waals surface area contributed by atoms with E-state index in [1.165, 1.54) is 30.4 Å². The Morgan fingerprint density at radius 3 is 2.89 bits per heavy atom. The average Bonchev–Trinajstić information content (AvgIpc) is 2.46. The lowest BCUT2D eigenvalue weighted by atomic mass is 9.94. The van der Waals surface area contributed by atoms with Crippen LogP contribution in [0.25, 0.3) is 0 Å². The van der Waals surface area contributed by atoms with Crippen LogP contribution in [0.15, 0.2) is 30.4 Å². The summed E-state index contributed by atoms with van der Waals surface area (Å²) in [7, 11) is 1.74. The maximum absolute atomic E-state index is 5.46. The molecule has 104 valence electrons. The zero-order chi connectivity index (χ0) is 13.7. The Morgan fingerprint density at radius 1 is 1.37 bits per heavy atom. The predicted octanol–water partition coefficient (Wildman–Crippen LogP) is 4.01. The van der Waals surface area contributed by atoms with Crippen LogP contribution >= 0.6 is 0 Å². The molecular weight excluding hydrogens is 234 g/mol. The Morgan fingerprint density at radius 2 is 2.21 bits per heavy atom. The second-order valence-electron chi connectivity index (χ2n) is 5.53. The Bertz CT molecular complexity index is 439. The number of hydrogen-bond acceptors (Lipinski definition) is 2. The highest BCUT2D eigenvalue weighted by molar-refractivity contribution is 5.38. The van der Waals surface area contributed by atoms with Gasteiger partial charge in [-0.2, -0.15) is 0 Å². The molecule has 2 rings (SSSR count). The third kappa shape index (κ3) is 3.84. The molecular formula is C17H25NO. The largest absolute Gasteiger partial charge is 0.496 e. The normalized spacial score (nSPS) is 20.3. The first kappa shape index (κ1) is 14.1. The van der Waals surface area contributed by atoms with Gasteiger partial charge < -0.3 is 10.1 Å². The lowest BCUT2D eigenvalue weighted by Crippen LogP contribution is -2.26. The molecule has 0 bridgehead atoms. The van der Waals surface area contributed by atoms with Crippen LogP contribution in [0, 0.1) is 12.8 Å². The Kier molecular flexibility index (Phi) is 5.03. The molecule has 1 N–H and O–H groups in total. The van der Waals surface area contributed by atoms with Crippen molar-refractivity contribution in [3.05, 3.63) is 41.5 Å². The fourth-order valence-electron chi connectivity index (χ4n) is 2.69. The summed E-state index contributed by atoms with van der Waals surface area (Å²) < 4.78 is 5.46. The maximum Gasteiger partial charge on any atom is 0.123 e. The number of ether oxygens (including phenoxy) is 1. The highest BCUT2D eigenvalue weighted by atomic mass is 16.5. The summed E-state index contributed by atoms with van der Waals surface area (Å²) >= 11 is 0. The summed E-state index contributed by atoms with van der Waals surface area (Å²) in [4.78, 5) is 0. The van der Waals surface area contributed by atoms with Gasteiger partial charge in [-0.15, -0.1) is 0 Å². The Labute approximate surface area is 116 Å². The van der Waals surface area contributed by atoms with E-state index in [1.807, 2.05) is 0 Å². The minimum atomic E-state index is 0.334. The van der Waals surface area contributed by atoms with Crippen molar-refractivity contribution in [3.63, 3.8) is 0 Å². The third-order valence-electron chi connectivity index (χ3n) is 3.94. The summed E-state index contributed by atoms with van der Waals surface area (Å²) in [5.41, 5.74) is 2.54. The summed E-state index contributed by atoms with van der Waals surface area (Å²) in [6.07, 6.45) is 8.36. The Balaban J connectivity index is 1.96. The van der Waals surface area contributed by atoms with Gasteiger partial charge in [-0.3, -0.25) is 0 Å². The fourth-order valence-corrected chi connectivity index (χ4v) is 2.69. The van der Waals surface area contributed by atoms with E-state index in [9.17, 15) is 0 Å². The second-order valence-corrected chi connectivity index (χ2v) is 5.53. The molecule has 0 aromatic heterocycles. The van der Waals surface area contributed by atoms with Crippen molar-refractivity contribution in [3.8, 4) is 5.75 Å². The van der Waals surface area contributed by atoms with Crippen molar-refractivity contribution < 1.29 is 4.74 Å². The van der Waals surface area contributed by atoms with Crippen molar-refractivity contribution in [1.29, 1.82) is 0 Å². The van der Waals surface area contributed by atoms with Crippen molar-refractivity contribution in [2.75, 3.05) is 13.7 Å². The first-order valence-electron chi connectivity index (χ1n) is 7.23. The van der Waals surface area contributed by atoms with E-state index in [4.69, 9.17) is 4.74 Å². The van der Waals surface area contributed by atoms with Gasteiger partial charge in [-0.1, -0.05) is 29.8 Å². The molecule has 0 amide bonds. The number of rotatable bonds is 5. The van der Waals surface area contributed by atoms with E-state index in [0.717, 1.165) is 18.2 Å². The molecule has 0 radical (unpaired) electrons. The first-order valence-corrected chi connectivity index (χ1v) is 7.23. The zero-order valence-electron chi connectivity index (χ0n) is 12.3. The van der Waals surface area contributed by atoms with Gasteiger partial charge in [0.05, 0.1) is 7.11 Å². The highest BCUT2D eigenvalue weighted by Crippen LogP contribution is 2.26. The quantitative estimate of drug-likeness (QED) is 0.807. The number of methoxy groups -OCH3 is 1. The van der Waals surface area contributed by atoms with Gasteiger partial charge in [0.1, 0.15) is 5.75 Å². The van der Waals surface area contributed by atoms with Gasteiger partial charge in [-0.05, 0) is 51.6 Å². The molecule has 0 fully saturated rings. The fraction of sp³-hybridized carbons (Fsp3) is 0.529. The molecule has 0 unspecified atom stereocenters. The molecule has 2 heteroatoms. The molecule has 19 heavy (non-hydrogen) atoms. The van der Waals surface area contributed by atoms with Gasteiger partial charge in [0.15, 0.2) is 0 Å². The van der Waals surface area contributed by atoms with Gasteiger partial charge in [0.2, 0.25) is 0 Å². The van der Waals surface area contributed by atoms with Crippen LogP contribution in [-0.2, 0) is 0 Å². The molecule has 0 heterocycles. The van der Waals surface area contributed by atoms with Gasteiger partial charge in [0, 0.05) is 11.6 Å². The van der Waals surface area contributed by atoms with Crippen LogP contribution < -0.4 is 10.1 Å². The number of aryl methyl sites for hydroxylation is 1. The average molecular weight is 259 g/mol. The number of nitrogens with one attached hydrogen (secondary N) is 1. The van der Waals surface area contributed by atoms with Crippen molar-refractivity contribution in [1.82, 2.24) is 5.32 Å². The summed E-state index contributed by atoms with van der Waals surface area (Å²) in [5.74, 6) is 1.76. The molecule has 1 aromatic rings. The van der Waals surface area contributed by atoms with Crippen LogP contribution in [0.4, 0.5) is 0 Å². The van der Waals surface area contributed by atoms with E-state index >= 15 is 0 Å². The third-order valence-corrected chi connectivity index (χ3v) is 3.94. The number of hydrogen-bond donors (Lipinski definition) is 1.